The monoisotopic (exact) mass is 273 g/mol. The van der Waals surface area contributed by atoms with Gasteiger partial charge in [0.25, 0.3) is 0 Å². The van der Waals surface area contributed by atoms with Gasteiger partial charge in [0.15, 0.2) is 5.69 Å². The van der Waals surface area contributed by atoms with E-state index in [1.807, 2.05) is 0 Å². The number of nitrogens with zero attached hydrogens (tertiary/aromatic N) is 2. The number of fused-ring (bicyclic) bond motifs is 1. The first-order chi connectivity index (χ1) is 9.02. The summed E-state index contributed by atoms with van der Waals surface area (Å²) in [7, 11) is 0. The molecule has 3 rings (SSSR count). The van der Waals surface area contributed by atoms with Gasteiger partial charge in [-0.25, -0.2) is 9.97 Å². The molecule has 0 amide bonds. The van der Waals surface area contributed by atoms with Crippen LogP contribution in [0.2, 0.25) is 0 Å². The molecule has 1 aromatic heterocycles. The Kier molecular flexibility index (Phi) is 3.08. The Balaban J connectivity index is 1.52. The minimum atomic E-state index is -4.46. The van der Waals surface area contributed by atoms with Crippen LogP contribution in [0, 0.1) is 11.8 Å². The minimum absolute atomic E-state index is 0.132. The van der Waals surface area contributed by atoms with Gasteiger partial charge in [-0.1, -0.05) is 0 Å². The molecule has 4 nitrogen and oxygen atoms in total. The molecule has 2 fully saturated rings. The molecule has 2 heterocycles. The van der Waals surface area contributed by atoms with Gasteiger partial charge in [-0.05, 0) is 31.2 Å². The molecule has 7 heteroatoms. The van der Waals surface area contributed by atoms with Crippen LogP contribution in [0.5, 0.6) is 5.88 Å². The van der Waals surface area contributed by atoms with Gasteiger partial charge in [0.05, 0.1) is 12.4 Å². The zero-order chi connectivity index (χ0) is 13.5. The highest BCUT2D eigenvalue weighted by atomic mass is 19.4. The number of alkyl halides is 3. The van der Waals surface area contributed by atoms with Crippen molar-refractivity contribution in [3.63, 3.8) is 0 Å². The first kappa shape index (κ1) is 12.7. The molecule has 104 valence electrons. The van der Waals surface area contributed by atoms with E-state index in [2.05, 4.69) is 15.3 Å². The number of hydrogen-bond donors (Lipinski definition) is 1. The van der Waals surface area contributed by atoms with Gasteiger partial charge in [0.1, 0.15) is 6.61 Å². The zero-order valence-corrected chi connectivity index (χ0v) is 10.2. The van der Waals surface area contributed by atoms with Gasteiger partial charge in [-0.15, -0.1) is 0 Å². The maximum absolute atomic E-state index is 12.3. The molecule has 0 bridgehead atoms. The third kappa shape index (κ3) is 2.97. The Morgan fingerprint density at radius 1 is 1.21 bits per heavy atom. The first-order valence-electron chi connectivity index (χ1n) is 6.28. The molecule has 1 saturated carbocycles. The molecule has 19 heavy (non-hydrogen) atoms. The summed E-state index contributed by atoms with van der Waals surface area (Å²) in [4.78, 5) is 6.93. The highest BCUT2D eigenvalue weighted by Gasteiger charge is 2.42. The molecule has 1 aliphatic carbocycles. The van der Waals surface area contributed by atoms with E-state index in [-0.39, 0.29) is 11.9 Å². The van der Waals surface area contributed by atoms with Crippen LogP contribution in [0.4, 0.5) is 13.2 Å². The molecule has 1 saturated heterocycles. The maximum Gasteiger partial charge on any atom is 0.434 e. The second-order valence-corrected chi connectivity index (χ2v) is 5.15. The van der Waals surface area contributed by atoms with Crippen LogP contribution in [0.15, 0.2) is 12.4 Å². The van der Waals surface area contributed by atoms with Crippen LogP contribution in [-0.2, 0) is 6.18 Å². The number of nitrogens with one attached hydrogen (secondary N) is 1. The number of ether oxygens (including phenoxy) is 1. The highest BCUT2D eigenvalue weighted by molar-refractivity contribution is 5.09. The molecular formula is C12H14F3N3O. The summed E-state index contributed by atoms with van der Waals surface area (Å²) >= 11 is 0. The van der Waals surface area contributed by atoms with Crippen molar-refractivity contribution >= 4 is 0 Å². The summed E-state index contributed by atoms with van der Waals surface area (Å²) in [5.41, 5.74) is -1.00. The van der Waals surface area contributed by atoms with E-state index in [0.29, 0.717) is 12.8 Å². The normalized spacial score (nSPS) is 29.7. The van der Waals surface area contributed by atoms with Gasteiger partial charge < -0.3 is 10.1 Å². The predicted molar refractivity (Wildman–Crippen MR) is 60.5 cm³/mol. The number of halogens is 3. The lowest BCUT2D eigenvalue weighted by molar-refractivity contribution is -0.141. The lowest BCUT2D eigenvalue weighted by Gasteiger charge is -2.22. The Labute approximate surface area is 108 Å². The summed E-state index contributed by atoms with van der Waals surface area (Å²) in [5, 5.41) is 3.36. The van der Waals surface area contributed by atoms with Gasteiger partial charge in [-0.2, -0.15) is 13.2 Å². The van der Waals surface area contributed by atoms with Crippen molar-refractivity contribution in [2.24, 2.45) is 11.8 Å². The van der Waals surface area contributed by atoms with E-state index in [0.717, 1.165) is 31.0 Å². The van der Waals surface area contributed by atoms with E-state index >= 15 is 0 Å². The number of hydrogen-bond acceptors (Lipinski definition) is 4. The van der Waals surface area contributed by atoms with Crippen LogP contribution >= 0.6 is 0 Å². The fourth-order valence-corrected chi connectivity index (χ4v) is 2.47. The van der Waals surface area contributed by atoms with Crippen molar-refractivity contribution in [3.8, 4) is 5.88 Å². The molecule has 0 spiro atoms. The van der Waals surface area contributed by atoms with Crippen molar-refractivity contribution in [1.29, 1.82) is 0 Å². The van der Waals surface area contributed by atoms with Crippen LogP contribution in [0.1, 0.15) is 18.5 Å². The molecule has 3 unspecified atom stereocenters. The Morgan fingerprint density at radius 2 is 2.05 bits per heavy atom. The highest BCUT2D eigenvalue weighted by Crippen LogP contribution is 2.44. The van der Waals surface area contributed by atoms with E-state index < -0.39 is 11.9 Å². The van der Waals surface area contributed by atoms with Crippen LogP contribution in [0.25, 0.3) is 0 Å². The summed E-state index contributed by atoms with van der Waals surface area (Å²) in [6, 6.07) is 0.257. The molecule has 3 atom stereocenters. The van der Waals surface area contributed by atoms with Gasteiger partial charge in [0.2, 0.25) is 5.88 Å². The SMILES string of the molecule is FC(F)(F)c1cnc(OCC2CC3CC3CN2)cn1. The minimum Gasteiger partial charge on any atom is -0.475 e. The van der Waals surface area contributed by atoms with Crippen LogP contribution in [-0.4, -0.2) is 29.2 Å². The Bertz CT molecular complexity index is 449. The molecule has 0 aromatic carbocycles. The quantitative estimate of drug-likeness (QED) is 0.913. The second kappa shape index (κ2) is 4.63. The predicted octanol–water partition coefficient (Wildman–Crippen LogP) is 1.87. The average Bonchev–Trinajstić information content (AvgIpc) is 3.14. The summed E-state index contributed by atoms with van der Waals surface area (Å²) < 4.78 is 42.2. The number of rotatable bonds is 3. The number of aromatic nitrogens is 2. The maximum atomic E-state index is 12.3. The third-order valence-electron chi connectivity index (χ3n) is 3.68. The molecule has 1 aromatic rings. The Morgan fingerprint density at radius 3 is 2.68 bits per heavy atom. The lowest BCUT2D eigenvalue weighted by Crippen LogP contribution is -2.39. The smallest absolute Gasteiger partial charge is 0.434 e. The molecule has 0 radical (unpaired) electrons. The number of piperidine rings is 1. The Hall–Kier alpha value is -1.37. The van der Waals surface area contributed by atoms with Crippen molar-refractivity contribution < 1.29 is 17.9 Å². The van der Waals surface area contributed by atoms with E-state index in [4.69, 9.17) is 4.74 Å². The second-order valence-electron chi connectivity index (χ2n) is 5.15. The third-order valence-corrected chi connectivity index (χ3v) is 3.68. The summed E-state index contributed by atoms with van der Waals surface area (Å²) in [6.07, 6.45) is -0.397. The van der Waals surface area contributed by atoms with E-state index in [9.17, 15) is 13.2 Å². The largest absolute Gasteiger partial charge is 0.475 e. The van der Waals surface area contributed by atoms with Crippen LogP contribution in [0.3, 0.4) is 0 Å². The standard InChI is InChI=1S/C12H14F3N3O/c13-12(14,15)10-4-18-11(5-17-10)19-6-9-2-7-1-8(7)3-16-9/h4-5,7-9,16H,1-3,6H2. The molecular weight excluding hydrogens is 259 g/mol. The van der Waals surface area contributed by atoms with Crippen molar-refractivity contribution in [1.82, 2.24) is 15.3 Å². The van der Waals surface area contributed by atoms with Gasteiger partial charge in [-0.3, -0.25) is 0 Å². The molecule has 1 aliphatic heterocycles. The fraction of sp³-hybridized carbons (Fsp3) is 0.667. The van der Waals surface area contributed by atoms with Gasteiger partial charge in [0, 0.05) is 6.04 Å². The fourth-order valence-electron chi connectivity index (χ4n) is 2.47. The van der Waals surface area contributed by atoms with E-state index in [1.54, 1.807) is 0 Å². The van der Waals surface area contributed by atoms with Crippen molar-refractivity contribution in [2.45, 2.75) is 25.1 Å². The summed E-state index contributed by atoms with van der Waals surface area (Å²) in [5.74, 6) is 1.75. The van der Waals surface area contributed by atoms with Gasteiger partial charge >= 0.3 is 6.18 Å². The average molecular weight is 273 g/mol. The molecule has 2 aliphatic rings. The topological polar surface area (TPSA) is 47.0 Å². The van der Waals surface area contributed by atoms with Crippen LogP contribution < -0.4 is 10.1 Å². The van der Waals surface area contributed by atoms with Crippen molar-refractivity contribution in [2.75, 3.05) is 13.2 Å². The zero-order valence-electron chi connectivity index (χ0n) is 10.2. The summed E-state index contributed by atoms with van der Waals surface area (Å²) in [6.45, 7) is 1.43. The lowest BCUT2D eigenvalue weighted by atomic mass is 10.1. The molecule has 1 N–H and O–H groups in total. The van der Waals surface area contributed by atoms with Crippen molar-refractivity contribution in [3.05, 3.63) is 18.1 Å². The van der Waals surface area contributed by atoms with E-state index in [1.165, 1.54) is 6.42 Å². The first-order valence-corrected chi connectivity index (χ1v) is 6.28.